The van der Waals surface area contributed by atoms with Crippen LogP contribution in [0.5, 0.6) is 5.75 Å². The Hall–Kier alpha value is -1.29. The monoisotopic (exact) mass is 181 g/mol. The van der Waals surface area contributed by atoms with Crippen LogP contribution in [-0.2, 0) is 0 Å². The fourth-order valence-electron chi connectivity index (χ4n) is 1.03. The Labute approximate surface area is 78.3 Å². The quantitative estimate of drug-likeness (QED) is 0.734. The highest BCUT2D eigenvalue weighted by Gasteiger charge is 2.00. The van der Waals surface area contributed by atoms with E-state index in [9.17, 15) is 0 Å². The van der Waals surface area contributed by atoms with Crippen molar-refractivity contribution in [1.29, 1.82) is 0 Å². The maximum atomic E-state index is 5.43. The molecule has 1 aromatic heterocycles. The third-order valence-corrected chi connectivity index (χ3v) is 1.81. The van der Waals surface area contributed by atoms with E-state index in [4.69, 9.17) is 10.5 Å². The minimum atomic E-state index is 0.629. The molecule has 0 fully saturated rings. The molecule has 0 atom stereocenters. The number of methoxy groups -OCH3 is 1. The summed E-state index contributed by atoms with van der Waals surface area (Å²) in [5.74, 6) is 1.68. The molecule has 0 bridgehead atoms. The van der Waals surface area contributed by atoms with Gasteiger partial charge < -0.3 is 15.4 Å². The number of rotatable bonds is 4. The van der Waals surface area contributed by atoms with E-state index in [1.165, 1.54) is 0 Å². The molecule has 1 rings (SSSR count). The molecule has 0 aliphatic heterocycles. The van der Waals surface area contributed by atoms with Crippen molar-refractivity contribution >= 4 is 5.82 Å². The lowest BCUT2D eigenvalue weighted by Crippen LogP contribution is -2.25. The van der Waals surface area contributed by atoms with Crippen LogP contribution >= 0.6 is 0 Å². The Morgan fingerprint density at radius 1 is 1.54 bits per heavy atom. The second-order valence-electron chi connectivity index (χ2n) is 2.77. The number of likely N-dealkylation sites (N-methyl/N-ethyl adjacent to an activating group) is 1. The van der Waals surface area contributed by atoms with E-state index in [0.717, 1.165) is 18.1 Å². The first-order valence-corrected chi connectivity index (χ1v) is 4.19. The highest BCUT2D eigenvalue weighted by Crippen LogP contribution is 2.13. The van der Waals surface area contributed by atoms with Gasteiger partial charge in [-0.2, -0.15) is 0 Å². The summed E-state index contributed by atoms with van der Waals surface area (Å²) < 4.78 is 5.00. The highest BCUT2D eigenvalue weighted by molar-refractivity contribution is 5.39. The molecule has 4 nitrogen and oxygen atoms in total. The molecule has 0 aliphatic rings. The van der Waals surface area contributed by atoms with Crippen LogP contribution in [0.1, 0.15) is 0 Å². The maximum absolute atomic E-state index is 5.43. The summed E-state index contributed by atoms with van der Waals surface area (Å²) in [5.41, 5.74) is 5.43. The number of anilines is 1. The van der Waals surface area contributed by atoms with Crippen molar-refractivity contribution in [3.8, 4) is 5.75 Å². The van der Waals surface area contributed by atoms with Crippen LogP contribution in [0, 0.1) is 0 Å². The molecular formula is C9H15N3O. The van der Waals surface area contributed by atoms with Crippen LogP contribution in [0.25, 0.3) is 0 Å². The van der Waals surface area contributed by atoms with Crippen LogP contribution in [0.15, 0.2) is 18.3 Å². The molecule has 2 N–H and O–H groups in total. The standard InChI is InChI=1S/C9H15N3O/c1-12(6-5-10)9-4-3-8(13-2)7-11-9/h3-4,7H,5-6,10H2,1-2H3. The molecule has 1 aromatic rings. The van der Waals surface area contributed by atoms with E-state index in [-0.39, 0.29) is 0 Å². The summed E-state index contributed by atoms with van der Waals surface area (Å²) in [6, 6.07) is 3.80. The van der Waals surface area contributed by atoms with Crippen LogP contribution in [0.3, 0.4) is 0 Å². The number of hydrogen-bond acceptors (Lipinski definition) is 4. The topological polar surface area (TPSA) is 51.4 Å². The summed E-state index contributed by atoms with van der Waals surface area (Å²) in [4.78, 5) is 6.21. The Bertz CT molecular complexity index is 248. The van der Waals surface area contributed by atoms with E-state index in [1.807, 2.05) is 24.1 Å². The lowest BCUT2D eigenvalue weighted by Gasteiger charge is -2.16. The van der Waals surface area contributed by atoms with Gasteiger partial charge in [0.15, 0.2) is 0 Å². The zero-order valence-corrected chi connectivity index (χ0v) is 8.03. The predicted molar refractivity (Wildman–Crippen MR) is 53.1 cm³/mol. The smallest absolute Gasteiger partial charge is 0.137 e. The number of pyridine rings is 1. The van der Waals surface area contributed by atoms with E-state index >= 15 is 0 Å². The van der Waals surface area contributed by atoms with Gasteiger partial charge in [-0.3, -0.25) is 0 Å². The third kappa shape index (κ3) is 2.59. The Kier molecular flexibility index (Phi) is 3.52. The van der Waals surface area contributed by atoms with Crippen molar-refractivity contribution in [2.24, 2.45) is 5.73 Å². The van der Waals surface area contributed by atoms with Crippen molar-refractivity contribution in [2.45, 2.75) is 0 Å². The van der Waals surface area contributed by atoms with Gasteiger partial charge in [0.1, 0.15) is 11.6 Å². The molecule has 0 amide bonds. The zero-order valence-electron chi connectivity index (χ0n) is 8.03. The third-order valence-electron chi connectivity index (χ3n) is 1.81. The van der Waals surface area contributed by atoms with E-state index in [0.29, 0.717) is 6.54 Å². The summed E-state index contributed by atoms with van der Waals surface area (Å²) in [5, 5.41) is 0. The van der Waals surface area contributed by atoms with E-state index in [1.54, 1.807) is 13.3 Å². The van der Waals surface area contributed by atoms with Crippen molar-refractivity contribution in [1.82, 2.24) is 4.98 Å². The second kappa shape index (κ2) is 4.67. The van der Waals surface area contributed by atoms with Gasteiger partial charge in [-0.05, 0) is 12.1 Å². The van der Waals surface area contributed by atoms with Crippen molar-refractivity contribution in [3.63, 3.8) is 0 Å². The number of nitrogens with two attached hydrogens (primary N) is 1. The molecule has 0 aliphatic carbocycles. The van der Waals surface area contributed by atoms with Gasteiger partial charge in [0.05, 0.1) is 13.3 Å². The molecule has 0 spiro atoms. The molecule has 0 radical (unpaired) electrons. The van der Waals surface area contributed by atoms with E-state index < -0.39 is 0 Å². The first-order chi connectivity index (χ1) is 6.27. The maximum Gasteiger partial charge on any atom is 0.137 e. The Balaban J connectivity index is 2.67. The molecule has 13 heavy (non-hydrogen) atoms. The number of nitrogens with zero attached hydrogens (tertiary/aromatic N) is 2. The van der Waals surface area contributed by atoms with Gasteiger partial charge >= 0.3 is 0 Å². The summed E-state index contributed by atoms with van der Waals surface area (Å²) >= 11 is 0. The Morgan fingerprint density at radius 3 is 2.77 bits per heavy atom. The number of hydrogen-bond donors (Lipinski definition) is 1. The van der Waals surface area contributed by atoms with Gasteiger partial charge in [-0.25, -0.2) is 4.98 Å². The summed E-state index contributed by atoms with van der Waals surface area (Å²) in [7, 11) is 3.59. The average Bonchev–Trinajstić information content (AvgIpc) is 2.18. The first kappa shape index (κ1) is 9.80. The molecule has 0 aromatic carbocycles. The van der Waals surface area contributed by atoms with Crippen molar-refractivity contribution in [3.05, 3.63) is 18.3 Å². The van der Waals surface area contributed by atoms with Gasteiger partial charge in [0.25, 0.3) is 0 Å². The van der Waals surface area contributed by atoms with Crippen LogP contribution < -0.4 is 15.4 Å². The van der Waals surface area contributed by atoms with E-state index in [2.05, 4.69) is 4.98 Å². The average molecular weight is 181 g/mol. The van der Waals surface area contributed by atoms with Crippen LogP contribution in [0.2, 0.25) is 0 Å². The number of ether oxygens (including phenoxy) is 1. The predicted octanol–water partition coefficient (Wildman–Crippen LogP) is 0.485. The van der Waals surface area contributed by atoms with Gasteiger partial charge in [0.2, 0.25) is 0 Å². The lowest BCUT2D eigenvalue weighted by atomic mass is 10.4. The highest BCUT2D eigenvalue weighted by atomic mass is 16.5. The van der Waals surface area contributed by atoms with Crippen molar-refractivity contribution in [2.75, 3.05) is 32.1 Å². The Morgan fingerprint density at radius 2 is 2.31 bits per heavy atom. The second-order valence-corrected chi connectivity index (χ2v) is 2.77. The summed E-state index contributed by atoms with van der Waals surface area (Å²) in [6.07, 6.45) is 1.70. The molecule has 1 heterocycles. The molecule has 72 valence electrons. The van der Waals surface area contributed by atoms with Gasteiger partial charge in [-0.15, -0.1) is 0 Å². The fraction of sp³-hybridized carbons (Fsp3) is 0.444. The minimum Gasteiger partial charge on any atom is -0.495 e. The van der Waals surface area contributed by atoms with Gasteiger partial charge in [-0.1, -0.05) is 0 Å². The SMILES string of the molecule is COc1ccc(N(C)CCN)nc1. The lowest BCUT2D eigenvalue weighted by molar-refractivity contribution is 0.413. The minimum absolute atomic E-state index is 0.629. The molecule has 0 saturated carbocycles. The largest absolute Gasteiger partial charge is 0.495 e. The molecule has 0 unspecified atom stereocenters. The summed E-state index contributed by atoms with van der Waals surface area (Å²) in [6.45, 7) is 1.43. The fourth-order valence-corrected chi connectivity index (χ4v) is 1.03. The zero-order chi connectivity index (χ0) is 9.68. The molecule has 0 saturated heterocycles. The van der Waals surface area contributed by atoms with Crippen molar-refractivity contribution < 1.29 is 4.74 Å². The number of aromatic nitrogens is 1. The molecular weight excluding hydrogens is 166 g/mol. The normalized spacial score (nSPS) is 9.77. The van der Waals surface area contributed by atoms with Crippen LogP contribution in [0.4, 0.5) is 5.82 Å². The van der Waals surface area contributed by atoms with Crippen LogP contribution in [-0.4, -0.2) is 32.2 Å². The van der Waals surface area contributed by atoms with Gasteiger partial charge in [0, 0.05) is 20.1 Å². The molecule has 4 heteroatoms. The first-order valence-electron chi connectivity index (χ1n) is 4.19.